The van der Waals surface area contributed by atoms with Gasteiger partial charge in [-0.3, -0.25) is 9.78 Å². The molecule has 1 amide bonds. The van der Waals surface area contributed by atoms with Gasteiger partial charge < -0.3 is 15.5 Å². The fourth-order valence-electron chi connectivity index (χ4n) is 4.28. The number of halogens is 1. The summed E-state index contributed by atoms with van der Waals surface area (Å²) in [6.07, 6.45) is 3.61. The van der Waals surface area contributed by atoms with Crippen LogP contribution in [0.15, 0.2) is 60.9 Å². The van der Waals surface area contributed by atoms with Crippen molar-refractivity contribution in [2.24, 2.45) is 5.73 Å². The van der Waals surface area contributed by atoms with E-state index in [2.05, 4.69) is 19.9 Å². The summed E-state index contributed by atoms with van der Waals surface area (Å²) in [4.78, 5) is 20.1. The average Bonchev–Trinajstić information content (AvgIpc) is 3.17. The Hall–Kier alpha value is -3.94. The van der Waals surface area contributed by atoms with Crippen LogP contribution >= 0.6 is 0 Å². The van der Waals surface area contributed by atoms with E-state index in [0.29, 0.717) is 35.5 Å². The lowest BCUT2D eigenvalue weighted by molar-refractivity contribution is 0.1000. The van der Waals surface area contributed by atoms with Crippen LogP contribution in [0.5, 0.6) is 0 Å². The zero-order valence-corrected chi connectivity index (χ0v) is 17.7. The molecule has 0 spiro atoms. The minimum absolute atomic E-state index is 0.317. The smallest absolute Gasteiger partial charge is 0.248 e. The second-order valence-electron chi connectivity index (χ2n) is 7.89. The van der Waals surface area contributed by atoms with Crippen molar-refractivity contribution in [1.29, 1.82) is 0 Å². The second kappa shape index (κ2) is 7.96. The molecule has 0 atom stereocenters. The standard InChI is InChI=1S/C24H23FN6O/c1-16-20-7-8-21(30-12-10-29(11-13-30)19-6-3-9-27-15-19)22(25)23(20)31(28-16)18-5-2-4-17(14-18)24(26)32/h2-9,14-15H,10-13H2,1H3,(H2,26,32). The molecule has 0 bridgehead atoms. The number of hydrogen-bond donors (Lipinski definition) is 1. The van der Waals surface area contributed by atoms with Crippen molar-refractivity contribution in [3.63, 3.8) is 0 Å². The normalized spacial score (nSPS) is 14.2. The number of carbonyl (C=O) groups excluding carboxylic acids is 1. The number of nitrogens with zero attached hydrogens (tertiary/aromatic N) is 5. The molecule has 1 aliphatic rings. The van der Waals surface area contributed by atoms with Crippen LogP contribution < -0.4 is 15.5 Å². The Bertz CT molecular complexity index is 1290. The van der Waals surface area contributed by atoms with Gasteiger partial charge in [0.05, 0.1) is 29.0 Å². The summed E-state index contributed by atoms with van der Waals surface area (Å²) < 4.78 is 17.4. The molecule has 1 saturated heterocycles. The molecule has 2 N–H and O–H groups in total. The Morgan fingerprint density at radius 3 is 2.47 bits per heavy atom. The molecule has 1 fully saturated rings. The van der Waals surface area contributed by atoms with Crippen LogP contribution in [0.25, 0.3) is 16.6 Å². The number of pyridine rings is 1. The highest BCUT2D eigenvalue weighted by atomic mass is 19.1. The van der Waals surface area contributed by atoms with Gasteiger partial charge in [-0.15, -0.1) is 0 Å². The third-order valence-corrected chi connectivity index (χ3v) is 5.95. The zero-order chi connectivity index (χ0) is 22.2. The lowest BCUT2D eigenvalue weighted by Crippen LogP contribution is -2.46. The van der Waals surface area contributed by atoms with Gasteiger partial charge in [0.2, 0.25) is 5.91 Å². The van der Waals surface area contributed by atoms with E-state index < -0.39 is 5.91 Å². The molecule has 0 unspecified atom stereocenters. The number of carbonyl (C=O) groups is 1. The Balaban J connectivity index is 1.50. The van der Waals surface area contributed by atoms with Crippen LogP contribution in [0.4, 0.5) is 15.8 Å². The van der Waals surface area contributed by atoms with Crippen molar-refractivity contribution >= 4 is 28.2 Å². The van der Waals surface area contributed by atoms with E-state index in [-0.39, 0.29) is 5.82 Å². The largest absolute Gasteiger partial charge is 0.367 e. The Morgan fingerprint density at radius 1 is 1.00 bits per heavy atom. The number of fused-ring (bicyclic) bond motifs is 1. The number of aromatic nitrogens is 3. The van der Waals surface area contributed by atoms with Gasteiger partial charge in [0.25, 0.3) is 0 Å². The SMILES string of the molecule is Cc1nn(-c2cccc(C(N)=O)c2)c2c(F)c(N3CCN(c4cccnc4)CC3)ccc12. The van der Waals surface area contributed by atoms with Crippen molar-refractivity contribution in [3.8, 4) is 5.69 Å². The van der Waals surface area contributed by atoms with Crippen molar-refractivity contribution in [3.05, 3.63) is 78.0 Å². The Labute approximate surface area is 184 Å². The topological polar surface area (TPSA) is 80.3 Å². The number of amides is 1. The van der Waals surface area contributed by atoms with E-state index in [1.165, 1.54) is 0 Å². The highest BCUT2D eigenvalue weighted by Crippen LogP contribution is 2.32. The van der Waals surface area contributed by atoms with E-state index >= 15 is 4.39 Å². The van der Waals surface area contributed by atoms with Crippen molar-refractivity contribution in [2.45, 2.75) is 6.92 Å². The maximum Gasteiger partial charge on any atom is 0.248 e. The van der Waals surface area contributed by atoms with Crippen LogP contribution in [0.3, 0.4) is 0 Å². The third-order valence-electron chi connectivity index (χ3n) is 5.95. The van der Waals surface area contributed by atoms with E-state index in [0.717, 1.165) is 29.9 Å². The van der Waals surface area contributed by atoms with Crippen LogP contribution in [0, 0.1) is 12.7 Å². The molecule has 5 rings (SSSR count). The summed E-state index contributed by atoms with van der Waals surface area (Å²) in [5.74, 6) is -0.852. The third kappa shape index (κ3) is 3.43. The first kappa shape index (κ1) is 20.0. The Morgan fingerprint density at radius 2 is 1.75 bits per heavy atom. The molecule has 2 aromatic carbocycles. The van der Waals surface area contributed by atoms with E-state index in [1.807, 2.05) is 37.4 Å². The number of hydrogen-bond acceptors (Lipinski definition) is 5. The predicted molar refractivity (Wildman–Crippen MR) is 123 cm³/mol. The molecule has 0 radical (unpaired) electrons. The molecule has 0 aliphatic carbocycles. The maximum atomic E-state index is 15.9. The molecule has 2 aromatic heterocycles. The monoisotopic (exact) mass is 430 g/mol. The van der Waals surface area contributed by atoms with E-state index in [9.17, 15) is 4.79 Å². The first-order valence-electron chi connectivity index (χ1n) is 10.5. The summed E-state index contributed by atoms with van der Waals surface area (Å²) >= 11 is 0. The minimum atomic E-state index is -0.535. The van der Waals surface area contributed by atoms with Gasteiger partial charge in [0.1, 0.15) is 5.52 Å². The summed E-state index contributed by atoms with van der Waals surface area (Å²) in [6.45, 7) is 4.80. The van der Waals surface area contributed by atoms with Gasteiger partial charge >= 0.3 is 0 Å². The first-order chi connectivity index (χ1) is 15.5. The van der Waals surface area contributed by atoms with Crippen LogP contribution in [-0.2, 0) is 0 Å². The minimum Gasteiger partial charge on any atom is -0.367 e. The van der Waals surface area contributed by atoms with E-state index in [4.69, 9.17) is 5.73 Å². The molecule has 32 heavy (non-hydrogen) atoms. The van der Waals surface area contributed by atoms with Crippen LogP contribution in [0.1, 0.15) is 16.1 Å². The van der Waals surface area contributed by atoms with Gasteiger partial charge in [-0.2, -0.15) is 5.10 Å². The molecular weight excluding hydrogens is 407 g/mol. The molecule has 162 valence electrons. The fourth-order valence-corrected chi connectivity index (χ4v) is 4.28. The van der Waals surface area contributed by atoms with Crippen molar-refractivity contribution in [1.82, 2.24) is 14.8 Å². The quantitative estimate of drug-likeness (QED) is 0.537. The molecular formula is C24H23FN6O. The first-order valence-corrected chi connectivity index (χ1v) is 10.5. The number of primary amides is 1. The average molecular weight is 430 g/mol. The number of anilines is 2. The fraction of sp³-hybridized carbons (Fsp3) is 0.208. The maximum absolute atomic E-state index is 15.9. The number of rotatable bonds is 4. The molecule has 1 aliphatic heterocycles. The molecule has 7 nitrogen and oxygen atoms in total. The van der Waals surface area contributed by atoms with Gasteiger partial charge in [0, 0.05) is 43.3 Å². The van der Waals surface area contributed by atoms with Crippen LogP contribution in [-0.4, -0.2) is 46.9 Å². The molecule has 0 saturated carbocycles. The molecule has 3 heterocycles. The number of piperazine rings is 1. The summed E-state index contributed by atoms with van der Waals surface area (Å²) in [6, 6.07) is 14.5. The number of benzene rings is 2. The van der Waals surface area contributed by atoms with Crippen molar-refractivity contribution in [2.75, 3.05) is 36.0 Å². The zero-order valence-electron chi connectivity index (χ0n) is 17.7. The number of nitrogens with two attached hydrogens (primary N) is 1. The summed E-state index contributed by atoms with van der Waals surface area (Å²) in [5, 5.41) is 5.29. The lowest BCUT2D eigenvalue weighted by atomic mass is 10.1. The van der Waals surface area contributed by atoms with Crippen LogP contribution in [0.2, 0.25) is 0 Å². The van der Waals surface area contributed by atoms with Gasteiger partial charge in [-0.1, -0.05) is 6.07 Å². The highest BCUT2D eigenvalue weighted by molar-refractivity contribution is 5.94. The van der Waals surface area contributed by atoms with E-state index in [1.54, 1.807) is 35.1 Å². The molecule has 8 heteroatoms. The second-order valence-corrected chi connectivity index (χ2v) is 7.89. The predicted octanol–water partition coefficient (Wildman–Crippen LogP) is 3.29. The lowest BCUT2D eigenvalue weighted by Gasteiger charge is -2.37. The summed E-state index contributed by atoms with van der Waals surface area (Å²) in [7, 11) is 0. The highest BCUT2D eigenvalue weighted by Gasteiger charge is 2.23. The van der Waals surface area contributed by atoms with Crippen molar-refractivity contribution < 1.29 is 9.18 Å². The number of aryl methyl sites for hydroxylation is 1. The Kier molecular flexibility index (Phi) is 4.97. The summed E-state index contributed by atoms with van der Waals surface area (Å²) in [5.41, 5.74) is 9.12. The van der Waals surface area contributed by atoms with Gasteiger partial charge in [0.15, 0.2) is 5.82 Å². The van der Waals surface area contributed by atoms with Gasteiger partial charge in [-0.05, 0) is 49.4 Å². The van der Waals surface area contributed by atoms with Gasteiger partial charge in [-0.25, -0.2) is 9.07 Å². The molecule has 4 aromatic rings.